The third kappa shape index (κ3) is 3.67. The Labute approximate surface area is 141 Å². The maximum absolute atomic E-state index is 12.3. The van der Waals surface area contributed by atoms with E-state index < -0.39 is 21.2 Å². The first-order valence-corrected chi connectivity index (χ1v) is 9.82. The molecule has 6 nitrogen and oxygen atoms in total. The van der Waals surface area contributed by atoms with Crippen molar-refractivity contribution in [2.24, 2.45) is 0 Å². The zero-order valence-corrected chi connectivity index (χ0v) is 14.2. The maximum atomic E-state index is 12.3. The SMILES string of the molecule is O=C(NS(=O)(=O)C1CCCOC1)c1ccc2c(c1)CCCCC2=O. The van der Waals surface area contributed by atoms with E-state index >= 15 is 0 Å². The second-order valence-electron chi connectivity index (χ2n) is 6.32. The molecule has 1 N–H and O–H groups in total. The van der Waals surface area contributed by atoms with E-state index in [4.69, 9.17) is 4.74 Å². The number of ether oxygens (including phenoxy) is 1. The number of hydrogen-bond acceptors (Lipinski definition) is 5. The van der Waals surface area contributed by atoms with Crippen molar-refractivity contribution in [1.82, 2.24) is 4.72 Å². The van der Waals surface area contributed by atoms with Crippen LogP contribution in [0.3, 0.4) is 0 Å². The normalized spacial score (nSPS) is 21.7. The lowest BCUT2D eigenvalue weighted by atomic mass is 9.99. The Hall–Kier alpha value is -1.73. The highest BCUT2D eigenvalue weighted by Crippen LogP contribution is 2.22. The monoisotopic (exact) mass is 351 g/mol. The van der Waals surface area contributed by atoms with Gasteiger partial charge in [0.15, 0.2) is 5.78 Å². The summed E-state index contributed by atoms with van der Waals surface area (Å²) in [5.74, 6) is -0.568. The van der Waals surface area contributed by atoms with E-state index in [2.05, 4.69) is 4.72 Å². The van der Waals surface area contributed by atoms with Crippen molar-refractivity contribution in [2.75, 3.05) is 13.2 Å². The molecule has 24 heavy (non-hydrogen) atoms. The summed E-state index contributed by atoms with van der Waals surface area (Å²) in [7, 11) is -3.76. The highest BCUT2D eigenvalue weighted by Gasteiger charge is 2.30. The number of rotatable bonds is 3. The predicted octanol–water partition coefficient (Wildman–Crippen LogP) is 1.83. The molecular formula is C17H21NO5S. The quantitative estimate of drug-likeness (QED) is 0.839. The second kappa shape index (κ2) is 7.03. The first-order valence-electron chi connectivity index (χ1n) is 8.27. The molecule has 1 aromatic rings. The molecule has 1 unspecified atom stereocenters. The van der Waals surface area contributed by atoms with Crippen molar-refractivity contribution < 1.29 is 22.7 Å². The van der Waals surface area contributed by atoms with Crippen LogP contribution in [0.5, 0.6) is 0 Å². The molecule has 2 aliphatic rings. The van der Waals surface area contributed by atoms with Gasteiger partial charge in [0.2, 0.25) is 10.0 Å². The lowest BCUT2D eigenvalue weighted by Crippen LogP contribution is -2.42. The average molecular weight is 351 g/mol. The number of aryl methyl sites for hydroxylation is 1. The van der Waals surface area contributed by atoms with E-state index in [0.717, 1.165) is 24.8 Å². The molecule has 1 aromatic carbocycles. The summed E-state index contributed by atoms with van der Waals surface area (Å²) in [4.78, 5) is 24.4. The Kier molecular flexibility index (Phi) is 5.01. The molecule has 0 bridgehead atoms. The topological polar surface area (TPSA) is 89.5 Å². The summed E-state index contributed by atoms with van der Waals surface area (Å²) in [5, 5.41) is -0.697. The highest BCUT2D eigenvalue weighted by atomic mass is 32.2. The van der Waals surface area contributed by atoms with Crippen LogP contribution < -0.4 is 4.72 Å². The van der Waals surface area contributed by atoms with E-state index in [9.17, 15) is 18.0 Å². The number of carbonyl (C=O) groups excluding carboxylic acids is 2. The number of amides is 1. The van der Waals surface area contributed by atoms with Crippen LogP contribution in [0.15, 0.2) is 18.2 Å². The number of sulfonamides is 1. The highest BCUT2D eigenvalue weighted by molar-refractivity contribution is 7.90. The van der Waals surface area contributed by atoms with Crippen molar-refractivity contribution in [3.05, 3.63) is 34.9 Å². The largest absolute Gasteiger partial charge is 0.380 e. The van der Waals surface area contributed by atoms with Crippen molar-refractivity contribution in [1.29, 1.82) is 0 Å². The molecule has 0 radical (unpaired) electrons. The minimum atomic E-state index is -3.76. The van der Waals surface area contributed by atoms with E-state index in [1.165, 1.54) is 6.07 Å². The van der Waals surface area contributed by atoms with Gasteiger partial charge in [0, 0.05) is 24.2 Å². The van der Waals surface area contributed by atoms with Crippen LogP contribution >= 0.6 is 0 Å². The van der Waals surface area contributed by atoms with Gasteiger partial charge in [0.1, 0.15) is 5.25 Å². The molecular weight excluding hydrogens is 330 g/mol. The molecule has 1 amide bonds. The fourth-order valence-corrected chi connectivity index (χ4v) is 4.47. The van der Waals surface area contributed by atoms with E-state index in [1.807, 2.05) is 0 Å². The van der Waals surface area contributed by atoms with Gasteiger partial charge in [-0.05, 0) is 49.8 Å². The number of fused-ring (bicyclic) bond motifs is 1. The van der Waals surface area contributed by atoms with E-state index in [-0.39, 0.29) is 18.0 Å². The molecule has 1 atom stereocenters. The molecule has 1 saturated heterocycles. The van der Waals surface area contributed by atoms with Crippen LogP contribution in [0.25, 0.3) is 0 Å². The average Bonchev–Trinajstić information content (AvgIpc) is 2.76. The zero-order chi connectivity index (χ0) is 17.2. The van der Waals surface area contributed by atoms with Gasteiger partial charge in [0.05, 0.1) is 6.61 Å². The molecule has 1 aliphatic heterocycles. The number of Topliss-reactive ketones (excluding diaryl/α,β-unsaturated/α-hetero) is 1. The van der Waals surface area contributed by atoms with Gasteiger partial charge < -0.3 is 4.74 Å². The summed E-state index contributed by atoms with van der Waals surface area (Å²) in [5.41, 5.74) is 1.74. The standard InChI is InChI=1S/C17H21NO5S/c19-16-6-2-1-4-12-10-13(7-8-15(12)16)17(20)18-24(21,22)14-5-3-9-23-11-14/h7-8,10,14H,1-6,9,11H2,(H,18,20). The molecule has 130 valence electrons. The molecule has 3 rings (SSSR count). The summed E-state index contributed by atoms with van der Waals surface area (Å²) in [6.07, 6.45) is 4.13. The van der Waals surface area contributed by atoms with Gasteiger partial charge in [-0.2, -0.15) is 0 Å². The summed E-state index contributed by atoms with van der Waals surface area (Å²) >= 11 is 0. The van der Waals surface area contributed by atoms with Gasteiger partial charge in [0.25, 0.3) is 5.91 Å². The van der Waals surface area contributed by atoms with Gasteiger partial charge in [-0.25, -0.2) is 13.1 Å². The van der Waals surface area contributed by atoms with Crippen LogP contribution in [-0.2, 0) is 21.2 Å². The maximum Gasteiger partial charge on any atom is 0.264 e. The number of nitrogens with one attached hydrogen (secondary N) is 1. The number of carbonyl (C=O) groups is 2. The molecule has 1 aliphatic carbocycles. The first kappa shape index (κ1) is 17.1. The number of hydrogen-bond donors (Lipinski definition) is 1. The Morgan fingerprint density at radius 2 is 1.96 bits per heavy atom. The molecule has 7 heteroatoms. The van der Waals surface area contributed by atoms with Crippen LogP contribution in [0.1, 0.15) is 58.4 Å². The number of benzene rings is 1. The molecule has 1 fully saturated rings. The Morgan fingerprint density at radius 1 is 1.17 bits per heavy atom. The van der Waals surface area contributed by atoms with Gasteiger partial charge in [-0.15, -0.1) is 0 Å². The Morgan fingerprint density at radius 3 is 2.71 bits per heavy atom. The number of ketones is 1. The first-order chi connectivity index (χ1) is 11.5. The van der Waals surface area contributed by atoms with Crippen LogP contribution in [0.4, 0.5) is 0 Å². The van der Waals surface area contributed by atoms with E-state index in [0.29, 0.717) is 31.4 Å². The summed E-state index contributed by atoms with van der Waals surface area (Å²) in [6.45, 7) is 0.667. The van der Waals surface area contributed by atoms with Crippen LogP contribution in [-0.4, -0.2) is 38.6 Å². The lowest BCUT2D eigenvalue weighted by molar-refractivity contribution is 0.0949. The molecule has 0 spiro atoms. The van der Waals surface area contributed by atoms with Crippen molar-refractivity contribution in [3.63, 3.8) is 0 Å². The molecule has 0 aromatic heterocycles. The summed E-state index contributed by atoms with van der Waals surface area (Å²) in [6, 6.07) is 4.79. The van der Waals surface area contributed by atoms with Crippen molar-refractivity contribution >= 4 is 21.7 Å². The van der Waals surface area contributed by atoms with Gasteiger partial charge >= 0.3 is 0 Å². The second-order valence-corrected chi connectivity index (χ2v) is 8.28. The minimum absolute atomic E-state index is 0.0847. The van der Waals surface area contributed by atoms with E-state index in [1.54, 1.807) is 12.1 Å². The smallest absolute Gasteiger partial charge is 0.264 e. The molecule has 0 saturated carbocycles. The third-order valence-corrected chi connectivity index (χ3v) is 6.28. The fraction of sp³-hybridized carbons (Fsp3) is 0.529. The zero-order valence-electron chi connectivity index (χ0n) is 13.4. The lowest BCUT2D eigenvalue weighted by Gasteiger charge is -2.22. The minimum Gasteiger partial charge on any atom is -0.380 e. The van der Waals surface area contributed by atoms with Gasteiger partial charge in [-0.3, -0.25) is 9.59 Å². The predicted molar refractivity (Wildman–Crippen MR) is 88.6 cm³/mol. The summed E-state index contributed by atoms with van der Waals surface area (Å²) < 4.78 is 31.9. The van der Waals surface area contributed by atoms with Crippen molar-refractivity contribution in [3.8, 4) is 0 Å². The Bertz CT molecular complexity index is 750. The fourth-order valence-electron chi connectivity index (χ4n) is 3.18. The van der Waals surface area contributed by atoms with Gasteiger partial charge in [-0.1, -0.05) is 6.07 Å². The Balaban J connectivity index is 1.78. The molecule has 1 heterocycles. The third-order valence-electron chi connectivity index (χ3n) is 4.56. The van der Waals surface area contributed by atoms with Crippen LogP contribution in [0.2, 0.25) is 0 Å². The van der Waals surface area contributed by atoms with Crippen molar-refractivity contribution in [2.45, 2.75) is 43.8 Å². The van der Waals surface area contributed by atoms with Crippen LogP contribution in [0, 0.1) is 0 Å².